The number of nitrogens with zero attached hydrogens (tertiary/aromatic N) is 2. The minimum absolute atomic E-state index is 0.220. The number of hydrogen-bond acceptors (Lipinski definition) is 2. The fourth-order valence-electron chi connectivity index (χ4n) is 1.43. The van der Waals surface area contributed by atoms with Crippen molar-refractivity contribution in [3.8, 4) is 0 Å². The van der Waals surface area contributed by atoms with Crippen LogP contribution in [0.15, 0.2) is 0 Å². The van der Waals surface area contributed by atoms with Crippen molar-refractivity contribution in [2.45, 2.75) is 33.1 Å². The van der Waals surface area contributed by atoms with Gasteiger partial charge in [0.15, 0.2) is 0 Å². The molecule has 0 radical (unpaired) electrons. The van der Waals surface area contributed by atoms with E-state index in [0.717, 1.165) is 17.8 Å². The highest BCUT2D eigenvalue weighted by molar-refractivity contribution is 6.32. The highest BCUT2D eigenvalue weighted by Gasteiger charge is 2.13. The molecule has 0 atom stereocenters. The zero-order valence-corrected chi connectivity index (χ0v) is 9.56. The Balaban J connectivity index is 2.81. The Hall–Kier alpha value is -0.830. The lowest BCUT2D eigenvalue weighted by molar-refractivity contribution is -0.118. The third-order valence-electron chi connectivity index (χ3n) is 2.16. The summed E-state index contributed by atoms with van der Waals surface area (Å²) in [7, 11) is 1.81. The highest BCUT2D eigenvalue weighted by Crippen LogP contribution is 2.20. The van der Waals surface area contributed by atoms with Gasteiger partial charge < -0.3 is 0 Å². The van der Waals surface area contributed by atoms with Crippen molar-refractivity contribution in [3.63, 3.8) is 0 Å². The second-order valence-corrected chi connectivity index (χ2v) is 3.81. The van der Waals surface area contributed by atoms with Crippen LogP contribution in [-0.2, 0) is 18.3 Å². The SMILES string of the molecule is CCCC(=O)Cc1c(Cl)c(C)nn1C. The van der Waals surface area contributed by atoms with Crippen LogP contribution in [0.5, 0.6) is 0 Å². The molecule has 0 fully saturated rings. The first-order chi connectivity index (χ1) is 6.56. The lowest BCUT2D eigenvalue weighted by Gasteiger charge is -2.00. The number of Topliss-reactive ketones (excluding diaryl/α,β-unsaturated/α-hetero) is 1. The first-order valence-electron chi connectivity index (χ1n) is 4.76. The number of carbonyl (C=O) groups is 1. The van der Waals surface area contributed by atoms with Crippen molar-refractivity contribution in [1.82, 2.24) is 9.78 Å². The molecule has 1 heterocycles. The second-order valence-electron chi connectivity index (χ2n) is 3.44. The number of aromatic nitrogens is 2. The van der Waals surface area contributed by atoms with Crippen molar-refractivity contribution < 1.29 is 4.79 Å². The summed E-state index contributed by atoms with van der Waals surface area (Å²) in [6.45, 7) is 3.84. The second kappa shape index (κ2) is 4.60. The van der Waals surface area contributed by atoms with Gasteiger partial charge in [-0.15, -0.1) is 0 Å². The van der Waals surface area contributed by atoms with Crippen LogP contribution < -0.4 is 0 Å². The molecule has 0 spiro atoms. The molecule has 4 heteroatoms. The lowest BCUT2D eigenvalue weighted by Crippen LogP contribution is -2.07. The van der Waals surface area contributed by atoms with Gasteiger partial charge in [0.25, 0.3) is 0 Å². The fraction of sp³-hybridized carbons (Fsp3) is 0.600. The van der Waals surface area contributed by atoms with E-state index >= 15 is 0 Å². The van der Waals surface area contributed by atoms with E-state index in [1.54, 1.807) is 4.68 Å². The van der Waals surface area contributed by atoms with E-state index in [0.29, 0.717) is 17.9 Å². The zero-order valence-electron chi connectivity index (χ0n) is 8.80. The summed E-state index contributed by atoms with van der Waals surface area (Å²) in [6.07, 6.45) is 1.89. The number of ketones is 1. The molecule has 0 amide bonds. The smallest absolute Gasteiger partial charge is 0.138 e. The van der Waals surface area contributed by atoms with Gasteiger partial charge in [-0.05, 0) is 13.3 Å². The van der Waals surface area contributed by atoms with Gasteiger partial charge in [-0.3, -0.25) is 9.48 Å². The summed E-state index contributed by atoms with van der Waals surface area (Å²) in [4.78, 5) is 11.4. The highest BCUT2D eigenvalue weighted by atomic mass is 35.5. The van der Waals surface area contributed by atoms with Gasteiger partial charge in [0, 0.05) is 19.9 Å². The molecular weight excluding hydrogens is 200 g/mol. The Kier molecular flexibility index (Phi) is 3.69. The van der Waals surface area contributed by atoms with Gasteiger partial charge in [-0.1, -0.05) is 18.5 Å². The Morgan fingerprint density at radius 2 is 2.21 bits per heavy atom. The Bertz CT molecular complexity index is 344. The average Bonchev–Trinajstić information content (AvgIpc) is 2.33. The van der Waals surface area contributed by atoms with Gasteiger partial charge >= 0.3 is 0 Å². The quantitative estimate of drug-likeness (QED) is 0.771. The van der Waals surface area contributed by atoms with Crippen molar-refractivity contribution in [3.05, 3.63) is 16.4 Å². The Morgan fingerprint density at radius 1 is 1.57 bits per heavy atom. The molecule has 0 aromatic carbocycles. The monoisotopic (exact) mass is 214 g/mol. The van der Waals surface area contributed by atoms with Crippen LogP contribution in [0.25, 0.3) is 0 Å². The van der Waals surface area contributed by atoms with Crippen molar-refractivity contribution in [2.75, 3.05) is 0 Å². The van der Waals surface area contributed by atoms with E-state index in [2.05, 4.69) is 5.10 Å². The maximum atomic E-state index is 11.4. The van der Waals surface area contributed by atoms with Crippen LogP contribution in [0.3, 0.4) is 0 Å². The Labute approximate surface area is 89.1 Å². The van der Waals surface area contributed by atoms with Crippen LogP contribution in [-0.4, -0.2) is 15.6 Å². The zero-order chi connectivity index (χ0) is 10.7. The number of aryl methyl sites for hydroxylation is 2. The van der Waals surface area contributed by atoms with Gasteiger partial charge in [-0.25, -0.2) is 0 Å². The van der Waals surface area contributed by atoms with Crippen LogP contribution >= 0.6 is 11.6 Å². The summed E-state index contributed by atoms with van der Waals surface area (Å²) in [6, 6.07) is 0. The topological polar surface area (TPSA) is 34.9 Å². The van der Waals surface area contributed by atoms with Crippen LogP contribution in [0.1, 0.15) is 31.2 Å². The summed E-state index contributed by atoms with van der Waals surface area (Å²) >= 11 is 6.02. The normalized spacial score (nSPS) is 10.6. The Morgan fingerprint density at radius 3 is 2.64 bits per heavy atom. The molecule has 0 bridgehead atoms. The molecule has 1 aromatic heterocycles. The van der Waals surface area contributed by atoms with Gasteiger partial charge in [0.1, 0.15) is 5.78 Å². The van der Waals surface area contributed by atoms with Crippen molar-refractivity contribution in [2.24, 2.45) is 7.05 Å². The maximum Gasteiger partial charge on any atom is 0.138 e. The molecule has 0 unspecified atom stereocenters. The minimum atomic E-state index is 0.220. The van der Waals surface area contributed by atoms with E-state index in [4.69, 9.17) is 11.6 Å². The molecule has 0 aliphatic rings. The van der Waals surface area contributed by atoms with E-state index in [9.17, 15) is 4.79 Å². The molecule has 0 aliphatic carbocycles. The summed E-state index contributed by atoms with van der Waals surface area (Å²) in [5, 5.41) is 4.78. The maximum absolute atomic E-state index is 11.4. The predicted octanol–water partition coefficient (Wildman–Crippen LogP) is 2.29. The van der Waals surface area contributed by atoms with Crippen molar-refractivity contribution in [1.29, 1.82) is 0 Å². The minimum Gasteiger partial charge on any atom is -0.299 e. The standard InChI is InChI=1S/C10H15ClN2O/c1-4-5-8(14)6-9-10(11)7(2)12-13(9)3/h4-6H2,1-3H3. The molecule has 14 heavy (non-hydrogen) atoms. The van der Waals surface area contributed by atoms with E-state index in [-0.39, 0.29) is 5.78 Å². The molecule has 0 N–H and O–H groups in total. The first-order valence-corrected chi connectivity index (χ1v) is 5.13. The molecular formula is C10H15ClN2O. The summed E-state index contributed by atoms with van der Waals surface area (Å²) in [5.41, 5.74) is 1.61. The summed E-state index contributed by atoms with van der Waals surface area (Å²) in [5.74, 6) is 0.220. The van der Waals surface area contributed by atoms with Crippen LogP contribution in [0.4, 0.5) is 0 Å². The number of carbonyl (C=O) groups excluding carboxylic acids is 1. The van der Waals surface area contributed by atoms with Crippen molar-refractivity contribution >= 4 is 17.4 Å². The van der Waals surface area contributed by atoms with Crippen LogP contribution in [0, 0.1) is 6.92 Å². The van der Waals surface area contributed by atoms with E-state index in [1.807, 2.05) is 20.9 Å². The van der Waals surface area contributed by atoms with Gasteiger partial charge in [0.2, 0.25) is 0 Å². The third-order valence-corrected chi connectivity index (χ3v) is 2.65. The van der Waals surface area contributed by atoms with E-state index < -0.39 is 0 Å². The van der Waals surface area contributed by atoms with Gasteiger partial charge in [0.05, 0.1) is 16.4 Å². The molecule has 3 nitrogen and oxygen atoms in total. The summed E-state index contributed by atoms with van der Waals surface area (Å²) < 4.78 is 1.69. The van der Waals surface area contributed by atoms with Gasteiger partial charge in [-0.2, -0.15) is 5.10 Å². The average molecular weight is 215 g/mol. The molecule has 0 aliphatic heterocycles. The third kappa shape index (κ3) is 2.35. The molecule has 0 saturated carbocycles. The lowest BCUT2D eigenvalue weighted by atomic mass is 10.1. The molecule has 78 valence electrons. The largest absolute Gasteiger partial charge is 0.299 e. The molecule has 1 rings (SSSR count). The van der Waals surface area contributed by atoms with Crippen LogP contribution in [0.2, 0.25) is 5.02 Å². The van der Waals surface area contributed by atoms with E-state index in [1.165, 1.54) is 0 Å². The number of halogens is 1. The molecule has 0 saturated heterocycles. The fourth-order valence-corrected chi connectivity index (χ4v) is 1.65. The number of rotatable bonds is 4. The first kappa shape index (κ1) is 11.2. The number of hydrogen-bond donors (Lipinski definition) is 0. The molecule has 1 aromatic rings. The predicted molar refractivity (Wildman–Crippen MR) is 56.6 cm³/mol.